The summed E-state index contributed by atoms with van der Waals surface area (Å²) in [7, 11) is 0. The van der Waals surface area contributed by atoms with Crippen LogP contribution in [0.1, 0.15) is 55.8 Å². The van der Waals surface area contributed by atoms with Crippen molar-refractivity contribution in [1.29, 1.82) is 0 Å². The zero-order chi connectivity index (χ0) is 20.1. The van der Waals surface area contributed by atoms with E-state index in [9.17, 15) is 19.2 Å². The maximum Gasteiger partial charge on any atom is 0.253 e. The largest absolute Gasteiger partial charge is 0.352 e. The molecular formula is C21H27N3O4. The molecule has 1 saturated carbocycles. The molecule has 4 amide bonds. The van der Waals surface area contributed by atoms with E-state index in [0.717, 1.165) is 32.1 Å². The smallest absolute Gasteiger partial charge is 0.253 e. The van der Waals surface area contributed by atoms with Gasteiger partial charge in [-0.1, -0.05) is 31.9 Å². The average molecular weight is 385 g/mol. The summed E-state index contributed by atoms with van der Waals surface area (Å²) in [5.41, 5.74) is 0.817. The van der Waals surface area contributed by atoms with E-state index >= 15 is 0 Å². The van der Waals surface area contributed by atoms with Crippen molar-refractivity contribution in [3.63, 3.8) is 0 Å². The van der Waals surface area contributed by atoms with Crippen molar-refractivity contribution in [1.82, 2.24) is 10.2 Å². The van der Waals surface area contributed by atoms with Crippen molar-refractivity contribution in [2.45, 2.75) is 45.4 Å². The Morgan fingerprint density at radius 3 is 2.36 bits per heavy atom. The van der Waals surface area contributed by atoms with Gasteiger partial charge in [0.2, 0.25) is 17.7 Å². The third kappa shape index (κ3) is 4.24. The summed E-state index contributed by atoms with van der Waals surface area (Å²) >= 11 is 0. The highest BCUT2D eigenvalue weighted by Crippen LogP contribution is 2.37. The van der Waals surface area contributed by atoms with Gasteiger partial charge in [0.15, 0.2) is 0 Å². The molecule has 0 spiro atoms. The quantitative estimate of drug-likeness (QED) is 0.704. The molecule has 28 heavy (non-hydrogen) atoms. The summed E-state index contributed by atoms with van der Waals surface area (Å²) < 4.78 is 0. The number of fused-ring (bicyclic) bond motifs is 1. The van der Waals surface area contributed by atoms with Gasteiger partial charge in [0, 0.05) is 19.5 Å². The minimum atomic E-state index is -0.328. The van der Waals surface area contributed by atoms with Gasteiger partial charge >= 0.3 is 0 Å². The molecule has 2 atom stereocenters. The first-order chi connectivity index (χ1) is 13.5. The van der Waals surface area contributed by atoms with E-state index in [1.54, 1.807) is 24.3 Å². The highest BCUT2D eigenvalue weighted by Gasteiger charge is 2.47. The third-order valence-electron chi connectivity index (χ3n) is 5.48. The molecule has 1 heterocycles. The fourth-order valence-electron chi connectivity index (χ4n) is 4.00. The molecule has 1 aromatic carbocycles. The summed E-state index contributed by atoms with van der Waals surface area (Å²) in [6.45, 7) is 2.61. The van der Waals surface area contributed by atoms with Crippen molar-refractivity contribution < 1.29 is 19.2 Å². The van der Waals surface area contributed by atoms with E-state index in [2.05, 4.69) is 10.6 Å². The lowest BCUT2D eigenvalue weighted by atomic mass is 9.81. The molecule has 2 fully saturated rings. The van der Waals surface area contributed by atoms with Crippen molar-refractivity contribution in [2.24, 2.45) is 11.8 Å². The summed E-state index contributed by atoms with van der Waals surface area (Å²) in [5.74, 6) is -1.25. The van der Waals surface area contributed by atoms with Gasteiger partial charge in [-0.25, -0.2) is 0 Å². The van der Waals surface area contributed by atoms with E-state index < -0.39 is 0 Å². The van der Waals surface area contributed by atoms with Crippen LogP contribution in [0.3, 0.4) is 0 Å². The number of benzene rings is 1. The second kappa shape index (κ2) is 8.99. The number of hydrogen-bond donors (Lipinski definition) is 2. The van der Waals surface area contributed by atoms with Crippen LogP contribution in [0.4, 0.5) is 5.69 Å². The van der Waals surface area contributed by atoms with Gasteiger partial charge in [-0.05, 0) is 31.4 Å². The number of para-hydroxylation sites is 1. The fourth-order valence-corrected chi connectivity index (χ4v) is 4.00. The summed E-state index contributed by atoms with van der Waals surface area (Å²) in [6.07, 6.45) is 4.31. The van der Waals surface area contributed by atoms with Crippen LogP contribution in [-0.4, -0.2) is 41.6 Å². The molecule has 0 aromatic heterocycles. The normalized spacial score (nSPS) is 21.4. The number of nitrogens with one attached hydrogen (secondary N) is 2. The number of hydrogen-bond acceptors (Lipinski definition) is 4. The molecular weight excluding hydrogens is 358 g/mol. The van der Waals surface area contributed by atoms with Gasteiger partial charge in [0.1, 0.15) is 0 Å². The van der Waals surface area contributed by atoms with E-state index in [-0.39, 0.29) is 48.4 Å². The van der Waals surface area contributed by atoms with Crippen LogP contribution < -0.4 is 10.6 Å². The van der Waals surface area contributed by atoms with Crippen LogP contribution in [0.2, 0.25) is 0 Å². The monoisotopic (exact) mass is 385 g/mol. The zero-order valence-corrected chi connectivity index (χ0v) is 16.2. The molecule has 1 aliphatic carbocycles. The maximum atomic E-state index is 12.5. The molecule has 3 rings (SSSR count). The molecule has 0 unspecified atom stereocenters. The fraction of sp³-hybridized carbons (Fsp3) is 0.524. The molecule has 0 bridgehead atoms. The number of likely N-dealkylation sites (tertiary alicyclic amines) is 1. The Morgan fingerprint density at radius 1 is 1.07 bits per heavy atom. The molecule has 150 valence electrons. The summed E-state index contributed by atoms with van der Waals surface area (Å²) in [4.78, 5) is 50.9. The van der Waals surface area contributed by atoms with Crippen LogP contribution >= 0.6 is 0 Å². The zero-order valence-electron chi connectivity index (χ0n) is 16.2. The molecule has 2 N–H and O–H groups in total. The van der Waals surface area contributed by atoms with Gasteiger partial charge in [0.25, 0.3) is 5.91 Å². The lowest BCUT2D eigenvalue weighted by Crippen LogP contribution is -2.34. The highest BCUT2D eigenvalue weighted by atomic mass is 16.2. The molecule has 0 radical (unpaired) electrons. The van der Waals surface area contributed by atoms with Crippen molar-refractivity contribution >= 4 is 29.3 Å². The van der Waals surface area contributed by atoms with Crippen LogP contribution in [0.5, 0.6) is 0 Å². The van der Waals surface area contributed by atoms with E-state index in [1.807, 2.05) is 6.92 Å². The number of amides is 4. The summed E-state index contributed by atoms with van der Waals surface area (Å²) in [6, 6.07) is 6.79. The second-order valence-electron chi connectivity index (χ2n) is 7.43. The molecule has 7 heteroatoms. The Balaban J connectivity index is 1.59. The second-order valence-corrected chi connectivity index (χ2v) is 7.43. The molecule has 7 nitrogen and oxygen atoms in total. The van der Waals surface area contributed by atoms with Gasteiger partial charge in [-0.15, -0.1) is 0 Å². The Hall–Kier alpha value is -2.70. The van der Waals surface area contributed by atoms with Gasteiger partial charge < -0.3 is 10.6 Å². The Labute approximate surface area is 164 Å². The predicted molar refractivity (Wildman–Crippen MR) is 104 cm³/mol. The Morgan fingerprint density at radius 2 is 1.71 bits per heavy atom. The summed E-state index contributed by atoms with van der Waals surface area (Å²) in [5, 5.41) is 5.53. The Kier molecular flexibility index (Phi) is 6.44. The maximum absolute atomic E-state index is 12.5. The first-order valence-corrected chi connectivity index (χ1v) is 10.0. The average Bonchev–Trinajstić information content (AvgIpc) is 2.95. The van der Waals surface area contributed by atoms with E-state index in [0.29, 0.717) is 17.8 Å². The van der Waals surface area contributed by atoms with Crippen molar-refractivity contribution in [2.75, 3.05) is 18.4 Å². The number of carbonyl (C=O) groups excluding carboxylic acids is 4. The van der Waals surface area contributed by atoms with Gasteiger partial charge in [-0.3, -0.25) is 24.1 Å². The lowest BCUT2D eigenvalue weighted by molar-refractivity contribution is -0.140. The number of carbonyl (C=O) groups is 4. The first kappa shape index (κ1) is 20.0. The van der Waals surface area contributed by atoms with Gasteiger partial charge in [-0.2, -0.15) is 0 Å². The number of anilines is 1. The predicted octanol–water partition coefficient (Wildman–Crippen LogP) is 2.33. The SMILES string of the molecule is CCCNC(=O)c1ccccc1NC(=O)CCN1C(=O)[C@H]2CCCC[C@H]2C1=O. The number of nitrogens with zero attached hydrogens (tertiary/aromatic N) is 1. The van der Waals surface area contributed by atoms with Crippen molar-refractivity contribution in [3.8, 4) is 0 Å². The van der Waals surface area contributed by atoms with Crippen LogP contribution in [0, 0.1) is 11.8 Å². The minimum Gasteiger partial charge on any atom is -0.352 e. The van der Waals surface area contributed by atoms with Crippen LogP contribution in [0.25, 0.3) is 0 Å². The third-order valence-corrected chi connectivity index (χ3v) is 5.48. The van der Waals surface area contributed by atoms with Crippen molar-refractivity contribution in [3.05, 3.63) is 29.8 Å². The van der Waals surface area contributed by atoms with E-state index in [4.69, 9.17) is 0 Å². The van der Waals surface area contributed by atoms with Gasteiger partial charge in [0.05, 0.1) is 23.1 Å². The number of imide groups is 1. The minimum absolute atomic E-state index is 0.0157. The number of rotatable bonds is 7. The topological polar surface area (TPSA) is 95.6 Å². The highest BCUT2D eigenvalue weighted by molar-refractivity contribution is 6.06. The molecule has 1 saturated heterocycles. The molecule has 1 aliphatic heterocycles. The van der Waals surface area contributed by atoms with Crippen LogP contribution in [-0.2, 0) is 14.4 Å². The first-order valence-electron chi connectivity index (χ1n) is 10.0. The van der Waals surface area contributed by atoms with Crippen LogP contribution in [0.15, 0.2) is 24.3 Å². The standard InChI is InChI=1S/C21H27N3O4/c1-2-12-22-19(26)16-9-5-6-10-17(16)23-18(25)11-13-24-20(27)14-7-3-4-8-15(14)21(24)28/h5-6,9-10,14-15H,2-4,7-8,11-13H2,1H3,(H,22,26)(H,23,25)/t14-,15+. The van der Waals surface area contributed by atoms with E-state index in [1.165, 1.54) is 4.90 Å². The molecule has 1 aromatic rings. The molecule has 2 aliphatic rings. The lowest BCUT2D eigenvalue weighted by Gasteiger charge is -2.19. The Bertz CT molecular complexity index is 753.